The van der Waals surface area contributed by atoms with Gasteiger partial charge in [-0.05, 0) is 143 Å². The van der Waals surface area contributed by atoms with Crippen LogP contribution < -0.4 is 4.48 Å². The van der Waals surface area contributed by atoms with Crippen LogP contribution in [0, 0.1) is 16.2 Å². The molecule has 0 amide bonds. The molecule has 108 heavy (non-hydrogen) atoms. The number of hydrogen-bond acceptors (Lipinski definition) is 6. The van der Waals surface area contributed by atoms with Crippen molar-refractivity contribution in [2.45, 2.75) is 154 Å². The number of quaternary nitrogens is 6. The Morgan fingerprint density at radius 1 is 0.361 bits per heavy atom. The van der Waals surface area contributed by atoms with Crippen molar-refractivity contribution in [3.05, 3.63) is 249 Å². The second-order valence-electron chi connectivity index (χ2n) is 37.9. The molecule has 6 atom stereocenters. The first-order valence-electron chi connectivity index (χ1n) is 40.2. The molecule has 0 heterocycles. The fraction of sp³-hybridized carbons (Fsp3) is 0.537. The van der Waals surface area contributed by atoms with Crippen LogP contribution in [0.5, 0.6) is 0 Å². The molecule has 0 aliphatic carbocycles. The minimum Gasteiger partial charge on any atom is -0.391 e. The molecule has 0 spiro atoms. The van der Waals surface area contributed by atoms with Gasteiger partial charge >= 0.3 is 0 Å². The van der Waals surface area contributed by atoms with E-state index < -0.39 is 0 Å². The summed E-state index contributed by atoms with van der Waals surface area (Å²) >= 11 is 6.46. The zero-order valence-electron chi connectivity index (χ0n) is 70.1. The third kappa shape index (κ3) is 25.6. The van der Waals surface area contributed by atoms with E-state index in [-0.39, 0.29) is 91.8 Å². The SMILES string of the molecule is C=Cc1ccc(CCC(CC(CC(C)(C)C(c2ccc(C[N+](C)(C)CCO)cc2)[N+](C)(C)CCO)c2ccc(CC(C)(C)CC(c3ccc([N+](C)(C)CCO)cc3)[N+](C)(C)CCO)cc2)c2ccc(CCC(CC(C)(C)C(c3ccc(C[N+](C)(C)CCO)cc3)[N+](C)(C)CCO)c3ccc(CCl)cc3)cc2)cc1. The Hall–Kier alpha value is -5.91. The lowest BCUT2D eigenvalue weighted by atomic mass is 9.68. The zero-order chi connectivity index (χ0) is 79.5. The van der Waals surface area contributed by atoms with Gasteiger partial charge in [-0.1, -0.05) is 200 Å². The molecule has 7 aromatic carbocycles. The Kier molecular flexibility index (Phi) is 32.3. The van der Waals surface area contributed by atoms with E-state index in [2.05, 4.69) is 303 Å². The van der Waals surface area contributed by atoms with Crippen LogP contribution >= 0.6 is 11.6 Å². The van der Waals surface area contributed by atoms with Gasteiger partial charge in [0.25, 0.3) is 0 Å². The van der Waals surface area contributed by atoms with E-state index >= 15 is 0 Å². The van der Waals surface area contributed by atoms with Gasteiger partial charge in [-0.25, -0.2) is 0 Å². The second kappa shape index (κ2) is 39.0. The van der Waals surface area contributed by atoms with Gasteiger partial charge in [0.05, 0.1) is 124 Å². The van der Waals surface area contributed by atoms with Gasteiger partial charge in [-0.2, -0.15) is 0 Å². The largest absolute Gasteiger partial charge is 0.391 e. The van der Waals surface area contributed by atoms with Crippen LogP contribution in [0.25, 0.3) is 6.08 Å². The summed E-state index contributed by atoms with van der Waals surface area (Å²) in [5, 5.41) is 61.6. The molecule has 6 N–H and O–H groups in total. The second-order valence-corrected chi connectivity index (χ2v) is 38.2. The number of rotatable bonds is 46. The number of aliphatic hydroxyl groups excluding tert-OH is 6. The molecule has 0 radical (unpaired) electrons. The third-order valence-corrected chi connectivity index (χ3v) is 24.7. The minimum atomic E-state index is -0.265. The molecular formula is C95H145ClN6O6+6. The molecule has 0 aliphatic heterocycles. The molecule has 0 bridgehead atoms. The lowest BCUT2D eigenvalue weighted by molar-refractivity contribution is -0.929. The number of aryl methyl sites for hydroxylation is 2. The number of benzene rings is 7. The normalized spacial score (nSPS) is 14.9. The van der Waals surface area contributed by atoms with Crippen molar-refractivity contribution < 1.29 is 53.1 Å². The van der Waals surface area contributed by atoms with E-state index in [4.69, 9.17) is 11.6 Å². The molecule has 12 nitrogen and oxygen atoms in total. The van der Waals surface area contributed by atoms with Crippen molar-refractivity contribution in [3.8, 4) is 0 Å². The number of aliphatic hydroxyl groups is 6. The summed E-state index contributed by atoms with van der Waals surface area (Å²) in [6.07, 6.45) is 10.3. The Morgan fingerprint density at radius 2 is 0.704 bits per heavy atom. The lowest BCUT2D eigenvalue weighted by Gasteiger charge is -2.47. The molecule has 0 saturated carbocycles. The predicted molar refractivity (Wildman–Crippen MR) is 455 cm³/mol. The topological polar surface area (TPSA) is 121 Å². The molecule has 7 rings (SSSR count). The van der Waals surface area contributed by atoms with Gasteiger partial charge in [0.2, 0.25) is 0 Å². The number of hydrogen-bond donors (Lipinski definition) is 6. The van der Waals surface area contributed by atoms with E-state index in [9.17, 15) is 30.6 Å². The van der Waals surface area contributed by atoms with E-state index in [0.29, 0.717) is 72.0 Å². The maximum Gasteiger partial charge on any atom is 0.132 e. The van der Waals surface area contributed by atoms with Crippen LogP contribution in [0.2, 0.25) is 0 Å². The Morgan fingerprint density at radius 3 is 1.12 bits per heavy atom. The van der Waals surface area contributed by atoms with Gasteiger partial charge < -0.3 is 53.1 Å². The van der Waals surface area contributed by atoms with Gasteiger partial charge in [-0.15, -0.1) is 11.6 Å². The molecule has 6 unspecified atom stereocenters. The van der Waals surface area contributed by atoms with E-state index in [1.807, 2.05) is 6.08 Å². The summed E-state index contributed by atoms with van der Waals surface area (Å²) in [6, 6.07) is 65.2. The first-order chi connectivity index (χ1) is 50.8. The van der Waals surface area contributed by atoms with Crippen molar-refractivity contribution in [2.24, 2.45) is 16.2 Å². The quantitative estimate of drug-likeness (QED) is 0.0167. The number of nitrogens with zero attached hydrogens (tertiary/aromatic N) is 6. The fourth-order valence-corrected chi connectivity index (χ4v) is 18.9. The summed E-state index contributed by atoms with van der Waals surface area (Å²) in [6.45, 7) is 24.9. The average Bonchev–Trinajstić information content (AvgIpc) is 0.778. The van der Waals surface area contributed by atoms with E-state index in [1.165, 1.54) is 61.2 Å². The summed E-state index contributed by atoms with van der Waals surface area (Å²) in [5.74, 6) is 1.08. The van der Waals surface area contributed by atoms with Gasteiger partial charge in [0.15, 0.2) is 0 Å². The van der Waals surface area contributed by atoms with Crippen molar-refractivity contribution >= 4 is 23.4 Å². The predicted octanol–water partition coefficient (Wildman–Crippen LogP) is 16.6. The van der Waals surface area contributed by atoms with Crippen LogP contribution in [-0.2, 0) is 38.2 Å². The van der Waals surface area contributed by atoms with Gasteiger partial charge in [0.1, 0.15) is 76.2 Å². The average molecular weight is 1500 g/mol. The molecule has 13 heteroatoms. The van der Waals surface area contributed by atoms with Crippen LogP contribution in [0.3, 0.4) is 0 Å². The summed E-state index contributed by atoms with van der Waals surface area (Å²) in [4.78, 5) is 0. The Balaban J connectivity index is 1.28. The monoisotopic (exact) mass is 1500 g/mol. The highest BCUT2D eigenvalue weighted by Crippen LogP contribution is 2.52. The van der Waals surface area contributed by atoms with Crippen LogP contribution in [0.4, 0.5) is 5.69 Å². The third-order valence-electron chi connectivity index (χ3n) is 24.4. The first-order valence-corrected chi connectivity index (χ1v) is 40.7. The molecule has 0 aromatic heterocycles. The minimum absolute atomic E-state index is 0.0442. The molecule has 7 aromatic rings. The summed E-state index contributed by atoms with van der Waals surface area (Å²) in [5.41, 5.74) is 17.1. The standard InChI is InChI=1S/C95H145ClN6O6/c1-20-73-21-23-74(24-22-73)27-47-86(80-37-25-75(26-38-80)28-48-87(81-41-31-77(70-96)32-42-81)67-94(4,5)91(101(16,17)57-63-107)84-43-33-78(34-44-84)71-97(8,9)53-59-103)65-88(68-95(6,7)92(102(18,19)58-64-108)85-45-35-79(36-46-85)72-98(10,11)54-60-104)82-39-29-76(30-40-82)66-93(2,3)69-90(100(14,15)56-62-106)83-49-51-89(52-50-83)99(12,13)55-61-105/h20-26,29-46,49-52,86-88,90-92,103-108H,1,27-28,47-48,53-72H2,2-19H3/q+6. The molecule has 0 fully saturated rings. The van der Waals surface area contributed by atoms with Crippen LogP contribution in [0.1, 0.15) is 188 Å². The van der Waals surface area contributed by atoms with Crippen LogP contribution in [0.15, 0.2) is 176 Å². The Bertz CT molecular complexity index is 3810. The maximum atomic E-state index is 10.9. The highest BCUT2D eigenvalue weighted by atomic mass is 35.5. The maximum absolute atomic E-state index is 10.9. The molecule has 0 saturated heterocycles. The van der Waals surface area contributed by atoms with Gasteiger partial charge in [-0.3, -0.25) is 4.48 Å². The molecule has 0 aliphatic rings. The van der Waals surface area contributed by atoms with Crippen molar-refractivity contribution in [3.63, 3.8) is 0 Å². The number of halogens is 1. The summed E-state index contributed by atoms with van der Waals surface area (Å²) < 4.78 is 3.94. The van der Waals surface area contributed by atoms with Gasteiger partial charge in [0, 0.05) is 50.9 Å². The molecular weight excluding hydrogens is 1360 g/mol. The number of alkyl halides is 1. The summed E-state index contributed by atoms with van der Waals surface area (Å²) in [7, 11) is 26.6. The van der Waals surface area contributed by atoms with E-state index in [0.717, 1.165) is 87.7 Å². The Labute approximate surface area is 659 Å². The van der Waals surface area contributed by atoms with Crippen molar-refractivity contribution in [2.75, 3.05) is 163 Å². The molecule has 592 valence electrons. The first kappa shape index (κ1) is 89.3. The zero-order valence-corrected chi connectivity index (χ0v) is 70.9. The van der Waals surface area contributed by atoms with Crippen molar-refractivity contribution in [1.29, 1.82) is 0 Å². The van der Waals surface area contributed by atoms with Crippen molar-refractivity contribution in [1.82, 2.24) is 4.48 Å². The number of likely N-dealkylation sites (N-methyl/N-ethyl adjacent to an activating group) is 6. The highest BCUT2D eigenvalue weighted by molar-refractivity contribution is 6.17. The van der Waals surface area contributed by atoms with E-state index in [1.54, 1.807) is 0 Å². The smallest absolute Gasteiger partial charge is 0.132 e. The highest BCUT2D eigenvalue weighted by Gasteiger charge is 2.46. The fourth-order valence-electron chi connectivity index (χ4n) is 18.7. The lowest BCUT2D eigenvalue weighted by Crippen LogP contribution is -2.51. The van der Waals surface area contributed by atoms with Crippen LogP contribution in [-0.4, -0.2) is 217 Å².